The number of hydrogen-bond acceptors (Lipinski definition) is 4. The number of carbonyl (C=O) groups is 4. The van der Waals surface area contributed by atoms with Gasteiger partial charge in [-0.15, -0.1) is 0 Å². The number of imide groups is 2. The van der Waals surface area contributed by atoms with Crippen LogP contribution in [0.5, 0.6) is 0 Å². The number of carbonyl (C=O) groups excluding carboxylic acids is 3. The third-order valence-electron chi connectivity index (χ3n) is 9.34. The Balaban J connectivity index is 1.17. The van der Waals surface area contributed by atoms with Gasteiger partial charge in [-0.2, -0.15) is 0 Å². The summed E-state index contributed by atoms with van der Waals surface area (Å²) < 4.78 is 1.74. The van der Waals surface area contributed by atoms with Crippen LogP contribution in [0.4, 0.5) is 10.5 Å². The number of carboxylic acid groups (broad SMARTS) is 1. The molecule has 1 aromatic heterocycles. The van der Waals surface area contributed by atoms with Crippen molar-refractivity contribution in [2.45, 2.75) is 43.9 Å². The van der Waals surface area contributed by atoms with Crippen LogP contribution in [0.2, 0.25) is 0 Å². The zero-order valence-corrected chi connectivity index (χ0v) is 21.9. The number of aromatic carboxylic acids is 1. The van der Waals surface area contributed by atoms with Crippen LogP contribution in [0, 0.1) is 17.8 Å². The van der Waals surface area contributed by atoms with Crippen molar-refractivity contribution in [2.75, 3.05) is 4.90 Å². The molecule has 40 heavy (non-hydrogen) atoms. The van der Waals surface area contributed by atoms with E-state index in [1.54, 1.807) is 35.0 Å². The number of nitrogens with zero attached hydrogens (tertiary/aromatic N) is 2. The molecule has 4 bridgehead atoms. The predicted octanol–water partition coefficient (Wildman–Crippen LogP) is 5.31. The summed E-state index contributed by atoms with van der Waals surface area (Å²) in [5, 5.41) is 11.5. The maximum absolute atomic E-state index is 13.5. The molecule has 4 amide bonds. The second kappa shape index (κ2) is 9.05. The summed E-state index contributed by atoms with van der Waals surface area (Å²) in [7, 11) is 0. The van der Waals surface area contributed by atoms with Crippen LogP contribution in [-0.2, 0) is 15.0 Å². The summed E-state index contributed by atoms with van der Waals surface area (Å²) in [4.78, 5) is 51.4. The van der Waals surface area contributed by atoms with E-state index >= 15 is 0 Å². The highest BCUT2D eigenvalue weighted by Crippen LogP contribution is 2.60. The van der Waals surface area contributed by atoms with Crippen molar-refractivity contribution in [3.8, 4) is 5.69 Å². The summed E-state index contributed by atoms with van der Waals surface area (Å²) in [5.74, 6) is -0.0355. The van der Waals surface area contributed by atoms with Crippen LogP contribution in [0.1, 0.15) is 60.1 Å². The Labute approximate surface area is 231 Å². The smallest absolute Gasteiger partial charge is 0.335 e. The van der Waals surface area contributed by atoms with Crippen molar-refractivity contribution >= 4 is 35.6 Å². The second-order valence-corrected chi connectivity index (χ2v) is 11.9. The first-order chi connectivity index (χ1) is 19.3. The van der Waals surface area contributed by atoms with E-state index in [0.29, 0.717) is 17.1 Å². The van der Waals surface area contributed by atoms with E-state index in [-0.39, 0.29) is 16.6 Å². The fraction of sp³-hybridized carbons (Fsp3) is 0.312. The molecule has 202 valence electrons. The molecule has 2 aromatic carbocycles. The Bertz CT molecular complexity index is 1550. The lowest BCUT2D eigenvalue weighted by Crippen LogP contribution is -2.54. The van der Waals surface area contributed by atoms with Gasteiger partial charge in [-0.1, -0.05) is 12.1 Å². The number of aromatic nitrogens is 1. The van der Waals surface area contributed by atoms with Gasteiger partial charge in [-0.25, -0.2) is 14.5 Å². The molecule has 1 saturated heterocycles. The van der Waals surface area contributed by atoms with Gasteiger partial charge >= 0.3 is 12.0 Å². The standard InChI is InChI=1S/C32H29N3O5/c36-28-27(15-26-2-1-11-34(26)24-7-3-22(4-8-24)30(38)39)29(37)35(31(40)33-28)25-9-5-23(6-10-25)32-16-19-12-20(17-32)14-21(13-19)18-32/h1-11,15,19-21H,12-14,16-18H2,(H,38,39)(H,33,36,40)/b27-15+. The van der Waals surface area contributed by atoms with E-state index < -0.39 is 23.8 Å². The first-order valence-electron chi connectivity index (χ1n) is 13.8. The zero-order chi connectivity index (χ0) is 27.6. The third kappa shape index (κ3) is 3.97. The number of hydrogen-bond donors (Lipinski definition) is 2. The number of urea groups is 1. The van der Waals surface area contributed by atoms with Gasteiger partial charge in [0.2, 0.25) is 0 Å². The summed E-state index contributed by atoms with van der Waals surface area (Å²) in [5.41, 5.74) is 3.11. The average molecular weight is 536 g/mol. The largest absolute Gasteiger partial charge is 0.478 e. The highest BCUT2D eigenvalue weighted by molar-refractivity contribution is 6.39. The molecule has 2 heterocycles. The maximum Gasteiger partial charge on any atom is 0.335 e. The zero-order valence-electron chi connectivity index (χ0n) is 21.9. The molecular weight excluding hydrogens is 506 g/mol. The minimum Gasteiger partial charge on any atom is -0.478 e. The number of carboxylic acids is 1. The van der Waals surface area contributed by atoms with Crippen LogP contribution in [0.3, 0.4) is 0 Å². The average Bonchev–Trinajstić information content (AvgIpc) is 3.39. The SMILES string of the molecule is O=C1NC(=O)N(c2ccc(C34CC5CC(CC(C5)C3)C4)cc2)C(=O)/C1=C/c1cccn1-c1ccc(C(=O)O)cc1. The van der Waals surface area contributed by atoms with Crippen molar-refractivity contribution in [3.05, 3.63) is 89.3 Å². The molecule has 0 spiro atoms. The minimum absolute atomic E-state index is 0.154. The number of nitrogens with one attached hydrogen (secondary N) is 1. The summed E-state index contributed by atoms with van der Waals surface area (Å²) in [6.07, 6.45) is 11.0. The fourth-order valence-electron chi connectivity index (χ4n) is 7.98. The normalized spacial score (nSPS) is 28.3. The third-order valence-corrected chi connectivity index (χ3v) is 9.34. The number of anilines is 1. The van der Waals surface area contributed by atoms with Gasteiger partial charge in [0.1, 0.15) is 5.57 Å². The van der Waals surface area contributed by atoms with E-state index in [4.69, 9.17) is 0 Å². The molecule has 8 rings (SSSR count). The highest BCUT2D eigenvalue weighted by Gasteiger charge is 2.51. The summed E-state index contributed by atoms with van der Waals surface area (Å²) >= 11 is 0. The van der Waals surface area contributed by atoms with Crippen LogP contribution in [-0.4, -0.2) is 33.5 Å². The molecule has 8 heteroatoms. The predicted molar refractivity (Wildman–Crippen MR) is 148 cm³/mol. The molecule has 3 aromatic rings. The van der Waals surface area contributed by atoms with Crippen molar-refractivity contribution in [1.29, 1.82) is 0 Å². The molecule has 2 N–H and O–H groups in total. The van der Waals surface area contributed by atoms with Gasteiger partial charge in [0.05, 0.1) is 11.3 Å². The van der Waals surface area contributed by atoms with Gasteiger partial charge in [0.25, 0.3) is 11.8 Å². The quantitative estimate of drug-likeness (QED) is 0.340. The topological polar surface area (TPSA) is 109 Å². The van der Waals surface area contributed by atoms with Crippen LogP contribution < -0.4 is 10.2 Å². The van der Waals surface area contributed by atoms with E-state index in [0.717, 1.165) is 22.7 Å². The monoisotopic (exact) mass is 535 g/mol. The molecule has 1 aliphatic heterocycles. The summed E-state index contributed by atoms with van der Waals surface area (Å²) in [6, 6.07) is 16.8. The molecule has 8 nitrogen and oxygen atoms in total. The number of rotatable bonds is 5. The van der Waals surface area contributed by atoms with E-state index in [2.05, 4.69) is 17.4 Å². The molecule has 0 unspecified atom stereocenters. The Hall–Kier alpha value is -4.46. The van der Waals surface area contributed by atoms with Crippen molar-refractivity contribution in [1.82, 2.24) is 9.88 Å². The molecule has 5 aliphatic rings. The lowest BCUT2D eigenvalue weighted by molar-refractivity contribution is -0.122. The van der Waals surface area contributed by atoms with Gasteiger partial charge in [0.15, 0.2) is 0 Å². The lowest BCUT2D eigenvalue weighted by atomic mass is 9.48. The summed E-state index contributed by atoms with van der Waals surface area (Å²) in [6.45, 7) is 0. The Morgan fingerprint density at radius 1 is 0.850 bits per heavy atom. The van der Waals surface area contributed by atoms with E-state index in [9.17, 15) is 24.3 Å². The molecule has 4 saturated carbocycles. The molecule has 5 fully saturated rings. The second-order valence-electron chi connectivity index (χ2n) is 11.9. The minimum atomic E-state index is -1.03. The van der Waals surface area contributed by atoms with E-state index in [1.807, 2.05) is 12.1 Å². The van der Waals surface area contributed by atoms with Gasteiger partial charge in [0, 0.05) is 17.6 Å². The van der Waals surface area contributed by atoms with Gasteiger partial charge in [-0.05, 0) is 122 Å². The first kappa shape index (κ1) is 24.6. The molecule has 0 radical (unpaired) electrons. The Morgan fingerprint density at radius 2 is 1.45 bits per heavy atom. The van der Waals surface area contributed by atoms with Crippen LogP contribution >= 0.6 is 0 Å². The van der Waals surface area contributed by atoms with Crippen molar-refractivity contribution < 1.29 is 24.3 Å². The van der Waals surface area contributed by atoms with Crippen LogP contribution in [0.15, 0.2) is 72.4 Å². The molecule has 4 aliphatic carbocycles. The fourth-order valence-corrected chi connectivity index (χ4v) is 7.98. The van der Waals surface area contributed by atoms with E-state index in [1.165, 1.54) is 62.3 Å². The molecule has 0 atom stereocenters. The number of barbiturate groups is 1. The maximum atomic E-state index is 13.5. The van der Waals surface area contributed by atoms with Gasteiger partial charge in [-0.3, -0.25) is 14.9 Å². The lowest BCUT2D eigenvalue weighted by Gasteiger charge is -2.57. The van der Waals surface area contributed by atoms with Crippen molar-refractivity contribution in [3.63, 3.8) is 0 Å². The Kier molecular flexibility index (Phi) is 5.56. The highest BCUT2D eigenvalue weighted by atomic mass is 16.4. The van der Waals surface area contributed by atoms with Gasteiger partial charge < -0.3 is 9.67 Å². The Morgan fingerprint density at radius 3 is 2.05 bits per heavy atom. The van der Waals surface area contributed by atoms with Crippen molar-refractivity contribution in [2.24, 2.45) is 17.8 Å². The number of benzene rings is 2. The molecular formula is C32H29N3O5. The van der Waals surface area contributed by atoms with Crippen LogP contribution in [0.25, 0.3) is 11.8 Å². The number of amides is 4. The first-order valence-corrected chi connectivity index (χ1v) is 13.8.